The average Bonchev–Trinajstić information content (AvgIpc) is 2.60. The van der Waals surface area contributed by atoms with Gasteiger partial charge in [0, 0.05) is 30.0 Å². The van der Waals surface area contributed by atoms with Gasteiger partial charge in [-0.15, -0.1) is 0 Å². The number of rotatable bonds is 8. The van der Waals surface area contributed by atoms with Gasteiger partial charge in [-0.3, -0.25) is 14.9 Å². The lowest BCUT2D eigenvalue weighted by atomic mass is 10.2. The molecule has 0 radical (unpaired) electrons. The van der Waals surface area contributed by atoms with Crippen molar-refractivity contribution in [2.75, 3.05) is 25.1 Å². The van der Waals surface area contributed by atoms with Crippen LogP contribution in [0.15, 0.2) is 48.5 Å². The Bertz CT molecular complexity index is 700. The topological polar surface area (TPSA) is 90.7 Å². The molecule has 0 aromatic heterocycles. The molecule has 0 aliphatic rings. The number of ether oxygens (including phenoxy) is 2. The van der Waals surface area contributed by atoms with Crippen LogP contribution in [0.4, 0.5) is 11.4 Å². The summed E-state index contributed by atoms with van der Waals surface area (Å²) < 4.78 is 10.7. The Labute approximate surface area is 139 Å². The molecule has 2 rings (SSSR count). The predicted octanol–water partition coefficient (Wildman–Crippen LogP) is 3.26. The van der Waals surface area contributed by atoms with Crippen LogP contribution in [0.2, 0.25) is 0 Å². The number of carbonyl (C=O) groups is 1. The van der Waals surface area contributed by atoms with Crippen molar-refractivity contribution in [3.8, 4) is 5.75 Å². The third-order valence-electron chi connectivity index (χ3n) is 3.13. The van der Waals surface area contributed by atoms with E-state index < -0.39 is 10.8 Å². The van der Waals surface area contributed by atoms with Crippen LogP contribution in [-0.4, -0.2) is 30.7 Å². The Hall–Kier alpha value is -2.93. The van der Waals surface area contributed by atoms with Gasteiger partial charge in [-0.2, -0.15) is 0 Å². The molecule has 0 spiro atoms. The molecule has 7 nitrogen and oxygen atoms in total. The maximum absolute atomic E-state index is 12.1. The molecule has 24 heavy (non-hydrogen) atoms. The second-order valence-electron chi connectivity index (χ2n) is 4.83. The summed E-state index contributed by atoms with van der Waals surface area (Å²) in [4.78, 5) is 22.3. The number of anilines is 1. The monoisotopic (exact) mass is 330 g/mol. The van der Waals surface area contributed by atoms with Gasteiger partial charge in [-0.25, -0.2) is 0 Å². The summed E-state index contributed by atoms with van der Waals surface area (Å²) in [6.45, 7) is 3.53. The van der Waals surface area contributed by atoms with E-state index in [1.165, 1.54) is 24.3 Å². The molecule has 0 unspecified atom stereocenters. The molecule has 0 saturated heterocycles. The molecule has 0 saturated carbocycles. The van der Waals surface area contributed by atoms with Gasteiger partial charge in [0.05, 0.1) is 11.5 Å². The Morgan fingerprint density at radius 2 is 1.92 bits per heavy atom. The van der Waals surface area contributed by atoms with Crippen molar-refractivity contribution in [2.45, 2.75) is 6.92 Å². The van der Waals surface area contributed by atoms with Crippen LogP contribution < -0.4 is 10.1 Å². The van der Waals surface area contributed by atoms with E-state index in [-0.39, 0.29) is 11.3 Å². The van der Waals surface area contributed by atoms with Gasteiger partial charge in [-0.05, 0) is 37.3 Å². The zero-order valence-electron chi connectivity index (χ0n) is 13.2. The zero-order valence-corrected chi connectivity index (χ0v) is 13.2. The highest BCUT2D eigenvalue weighted by Crippen LogP contribution is 2.18. The summed E-state index contributed by atoms with van der Waals surface area (Å²) in [6.07, 6.45) is 0. The van der Waals surface area contributed by atoms with E-state index in [4.69, 9.17) is 9.47 Å². The van der Waals surface area contributed by atoms with Crippen molar-refractivity contribution in [1.82, 2.24) is 0 Å². The van der Waals surface area contributed by atoms with Gasteiger partial charge >= 0.3 is 0 Å². The van der Waals surface area contributed by atoms with Crippen LogP contribution in [0.25, 0.3) is 0 Å². The lowest BCUT2D eigenvalue weighted by molar-refractivity contribution is -0.384. The largest absolute Gasteiger partial charge is 0.491 e. The van der Waals surface area contributed by atoms with E-state index in [1.54, 1.807) is 24.3 Å². The predicted molar refractivity (Wildman–Crippen MR) is 89.5 cm³/mol. The molecular weight excluding hydrogens is 312 g/mol. The smallest absolute Gasteiger partial charge is 0.270 e. The number of nitrogens with zero attached hydrogens (tertiary/aromatic N) is 1. The van der Waals surface area contributed by atoms with Gasteiger partial charge in [0.1, 0.15) is 12.4 Å². The summed E-state index contributed by atoms with van der Waals surface area (Å²) in [5.74, 6) is 0.256. The molecule has 0 aliphatic heterocycles. The lowest BCUT2D eigenvalue weighted by Crippen LogP contribution is -2.12. The van der Waals surface area contributed by atoms with Gasteiger partial charge < -0.3 is 14.8 Å². The van der Waals surface area contributed by atoms with Crippen LogP contribution in [0, 0.1) is 10.1 Å². The molecule has 0 fully saturated rings. The Morgan fingerprint density at radius 1 is 1.17 bits per heavy atom. The van der Waals surface area contributed by atoms with Crippen LogP contribution in [-0.2, 0) is 4.74 Å². The molecule has 0 bridgehead atoms. The summed E-state index contributed by atoms with van der Waals surface area (Å²) in [7, 11) is 0. The molecule has 126 valence electrons. The fourth-order valence-electron chi connectivity index (χ4n) is 1.96. The maximum Gasteiger partial charge on any atom is 0.270 e. The first-order valence-corrected chi connectivity index (χ1v) is 7.46. The number of benzene rings is 2. The van der Waals surface area contributed by atoms with E-state index in [2.05, 4.69) is 5.32 Å². The molecule has 0 heterocycles. The van der Waals surface area contributed by atoms with Gasteiger partial charge in [0.15, 0.2) is 0 Å². The highest BCUT2D eigenvalue weighted by molar-refractivity contribution is 6.04. The van der Waals surface area contributed by atoms with Crippen LogP contribution >= 0.6 is 0 Å². The first-order valence-electron chi connectivity index (χ1n) is 7.46. The SMILES string of the molecule is CCOCCOc1ccc(NC(=O)c2cccc([N+](=O)[O-])c2)cc1. The van der Waals surface area contributed by atoms with E-state index in [0.29, 0.717) is 31.3 Å². The quantitative estimate of drug-likeness (QED) is 0.456. The minimum Gasteiger partial charge on any atom is -0.491 e. The van der Waals surface area contributed by atoms with Gasteiger partial charge in [0.2, 0.25) is 0 Å². The van der Waals surface area contributed by atoms with E-state index in [9.17, 15) is 14.9 Å². The number of nitro groups is 1. The summed E-state index contributed by atoms with van der Waals surface area (Å²) in [5, 5.41) is 13.4. The number of hydrogen-bond acceptors (Lipinski definition) is 5. The number of carbonyl (C=O) groups excluding carboxylic acids is 1. The van der Waals surface area contributed by atoms with E-state index in [0.717, 1.165) is 0 Å². The molecular formula is C17H18N2O5. The summed E-state index contributed by atoms with van der Waals surface area (Å²) in [6, 6.07) is 12.4. The fourth-order valence-corrected chi connectivity index (χ4v) is 1.96. The summed E-state index contributed by atoms with van der Waals surface area (Å²) >= 11 is 0. The van der Waals surface area contributed by atoms with Crippen molar-refractivity contribution in [1.29, 1.82) is 0 Å². The second kappa shape index (κ2) is 8.64. The molecule has 0 atom stereocenters. The zero-order chi connectivity index (χ0) is 17.4. The molecule has 2 aromatic carbocycles. The van der Waals surface area contributed by atoms with Crippen molar-refractivity contribution >= 4 is 17.3 Å². The molecule has 0 aliphatic carbocycles. The third-order valence-corrected chi connectivity index (χ3v) is 3.13. The molecule has 7 heteroatoms. The number of non-ortho nitro benzene ring substituents is 1. The standard InChI is InChI=1S/C17H18N2O5/c1-2-23-10-11-24-16-8-6-14(7-9-16)18-17(20)13-4-3-5-15(12-13)19(21)22/h3-9,12H,2,10-11H2,1H3,(H,18,20). The molecule has 1 amide bonds. The first-order chi connectivity index (χ1) is 11.6. The fraction of sp³-hybridized carbons (Fsp3) is 0.235. The maximum atomic E-state index is 12.1. The van der Waals surface area contributed by atoms with Crippen LogP contribution in [0.5, 0.6) is 5.75 Å². The lowest BCUT2D eigenvalue weighted by Gasteiger charge is -2.08. The highest BCUT2D eigenvalue weighted by atomic mass is 16.6. The van der Waals surface area contributed by atoms with Crippen molar-refractivity contribution in [3.05, 3.63) is 64.2 Å². The average molecular weight is 330 g/mol. The molecule has 1 N–H and O–H groups in total. The van der Waals surface area contributed by atoms with Crippen molar-refractivity contribution in [3.63, 3.8) is 0 Å². The number of amides is 1. The highest BCUT2D eigenvalue weighted by Gasteiger charge is 2.11. The van der Waals surface area contributed by atoms with Crippen molar-refractivity contribution < 1.29 is 19.2 Å². The minimum absolute atomic E-state index is 0.124. The Balaban J connectivity index is 1.94. The first kappa shape index (κ1) is 17.4. The van der Waals surface area contributed by atoms with Gasteiger partial charge in [0.25, 0.3) is 11.6 Å². The third kappa shape index (κ3) is 5.06. The summed E-state index contributed by atoms with van der Waals surface area (Å²) in [5.41, 5.74) is 0.672. The molecule has 2 aromatic rings. The normalized spacial score (nSPS) is 10.2. The van der Waals surface area contributed by atoms with Crippen LogP contribution in [0.3, 0.4) is 0 Å². The minimum atomic E-state index is -0.537. The Morgan fingerprint density at radius 3 is 2.58 bits per heavy atom. The number of nitrogens with one attached hydrogen (secondary N) is 1. The van der Waals surface area contributed by atoms with Crippen LogP contribution in [0.1, 0.15) is 17.3 Å². The van der Waals surface area contributed by atoms with Crippen molar-refractivity contribution in [2.24, 2.45) is 0 Å². The van der Waals surface area contributed by atoms with E-state index in [1.807, 2.05) is 6.92 Å². The number of hydrogen-bond donors (Lipinski definition) is 1. The second-order valence-corrected chi connectivity index (χ2v) is 4.83. The Kier molecular flexibility index (Phi) is 6.27. The number of nitro benzene ring substituents is 1. The van der Waals surface area contributed by atoms with E-state index >= 15 is 0 Å². The van der Waals surface area contributed by atoms with Gasteiger partial charge in [-0.1, -0.05) is 6.07 Å².